The van der Waals surface area contributed by atoms with E-state index in [4.69, 9.17) is 0 Å². The van der Waals surface area contributed by atoms with Gasteiger partial charge in [-0.3, -0.25) is 4.79 Å². The van der Waals surface area contributed by atoms with Gasteiger partial charge in [0.2, 0.25) is 5.91 Å². The molecule has 0 aromatic heterocycles. The van der Waals surface area contributed by atoms with Gasteiger partial charge in [0.15, 0.2) is 0 Å². The summed E-state index contributed by atoms with van der Waals surface area (Å²) < 4.78 is 13.4. The number of nitrogens with one attached hydrogen (secondary N) is 1. The van der Waals surface area contributed by atoms with Crippen molar-refractivity contribution < 1.29 is 9.18 Å². The second-order valence-electron chi connectivity index (χ2n) is 6.32. The number of halogens is 2. The number of nitrogens with zero attached hydrogens (tertiary/aromatic N) is 1. The molecule has 0 radical (unpaired) electrons. The Morgan fingerprint density at radius 3 is 2.91 bits per heavy atom. The average molecular weight is 327 g/mol. The Bertz CT molecular complexity index is 525. The summed E-state index contributed by atoms with van der Waals surface area (Å²) in [5, 5.41) is 3.39. The van der Waals surface area contributed by atoms with E-state index < -0.39 is 0 Å². The van der Waals surface area contributed by atoms with E-state index in [1.807, 2.05) is 11.0 Å². The van der Waals surface area contributed by atoms with Gasteiger partial charge in [-0.15, -0.1) is 12.4 Å². The van der Waals surface area contributed by atoms with Crippen molar-refractivity contribution in [2.24, 2.45) is 5.92 Å². The standard InChI is InChI=1S/C17H23FN2O.ClH/c1-12-10-14(7-8-19-12)17(21)20-9-3-6-16(20)13-4-2-5-15(18)11-13;/h2,4-5,11-12,14,16,19H,3,6-10H2,1H3;1H/t12-,14-,16?;/m0./s1. The van der Waals surface area contributed by atoms with Crippen molar-refractivity contribution in [2.45, 2.75) is 44.7 Å². The molecule has 0 bridgehead atoms. The molecule has 0 aliphatic carbocycles. The van der Waals surface area contributed by atoms with Gasteiger partial charge in [0.1, 0.15) is 5.82 Å². The lowest BCUT2D eigenvalue weighted by Crippen LogP contribution is -2.44. The lowest BCUT2D eigenvalue weighted by atomic mass is 9.91. The summed E-state index contributed by atoms with van der Waals surface area (Å²) >= 11 is 0. The molecular weight excluding hydrogens is 303 g/mol. The van der Waals surface area contributed by atoms with Gasteiger partial charge >= 0.3 is 0 Å². The number of rotatable bonds is 2. The molecule has 1 unspecified atom stereocenters. The summed E-state index contributed by atoms with van der Waals surface area (Å²) in [7, 11) is 0. The molecule has 2 heterocycles. The number of hydrogen-bond donors (Lipinski definition) is 1. The van der Waals surface area contributed by atoms with Gasteiger partial charge in [-0.2, -0.15) is 0 Å². The molecule has 2 aliphatic heterocycles. The van der Waals surface area contributed by atoms with Crippen LogP contribution in [0.3, 0.4) is 0 Å². The van der Waals surface area contributed by atoms with Crippen LogP contribution in [0, 0.1) is 11.7 Å². The van der Waals surface area contributed by atoms with Crippen molar-refractivity contribution in [3.63, 3.8) is 0 Å². The van der Waals surface area contributed by atoms with Crippen molar-refractivity contribution in [3.05, 3.63) is 35.6 Å². The molecule has 2 saturated heterocycles. The van der Waals surface area contributed by atoms with Crippen molar-refractivity contribution in [2.75, 3.05) is 13.1 Å². The lowest BCUT2D eigenvalue weighted by Gasteiger charge is -2.33. The fourth-order valence-corrected chi connectivity index (χ4v) is 3.68. The van der Waals surface area contributed by atoms with E-state index >= 15 is 0 Å². The molecule has 3 nitrogen and oxygen atoms in total. The highest BCUT2D eigenvalue weighted by atomic mass is 35.5. The Morgan fingerprint density at radius 2 is 2.18 bits per heavy atom. The molecule has 1 N–H and O–H groups in total. The van der Waals surface area contributed by atoms with Crippen LogP contribution >= 0.6 is 12.4 Å². The van der Waals surface area contributed by atoms with Crippen LogP contribution < -0.4 is 5.32 Å². The zero-order valence-corrected chi connectivity index (χ0v) is 13.7. The number of benzene rings is 1. The molecule has 3 atom stereocenters. The quantitative estimate of drug-likeness (QED) is 0.904. The summed E-state index contributed by atoms with van der Waals surface area (Å²) in [5.74, 6) is 0.160. The first-order valence-corrected chi connectivity index (χ1v) is 7.94. The molecular formula is C17H24ClFN2O. The maximum absolute atomic E-state index is 13.4. The average Bonchev–Trinajstić information content (AvgIpc) is 2.96. The SMILES string of the molecule is C[C@H]1C[C@@H](C(=O)N2CCCC2c2cccc(F)c2)CCN1.Cl. The van der Waals surface area contributed by atoms with Crippen LogP contribution in [0.25, 0.3) is 0 Å². The van der Waals surface area contributed by atoms with Crippen LogP contribution in [-0.2, 0) is 4.79 Å². The largest absolute Gasteiger partial charge is 0.335 e. The smallest absolute Gasteiger partial charge is 0.226 e. The van der Waals surface area contributed by atoms with E-state index in [0.29, 0.717) is 6.04 Å². The highest BCUT2D eigenvalue weighted by Crippen LogP contribution is 2.34. The third-order valence-electron chi connectivity index (χ3n) is 4.74. The van der Waals surface area contributed by atoms with Crippen LogP contribution in [0.1, 0.15) is 44.2 Å². The van der Waals surface area contributed by atoms with Gasteiger partial charge in [0.05, 0.1) is 6.04 Å². The molecule has 1 amide bonds. The van der Waals surface area contributed by atoms with Gasteiger partial charge in [-0.05, 0) is 56.8 Å². The minimum absolute atomic E-state index is 0. The van der Waals surface area contributed by atoms with E-state index in [1.54, 1.807) is 12.1 Å². The molecule has 22 heavy (non-hydrogen) atoms. The van der Waals surface area contributed by atoms with Crippen LogP contribution in [0.2, 0.25) is 0 Å². The van der Waals surface area contributed by atoms with E-state index in [-0.39, 0.29) is 36.1 Å². The van der Waals surface area contributed by atoms with E-state index in [1.165, 1.54) is 6.07 Å². The molecule has 1 aromatic carbocycles. The monoisotopic (exact) mass is 326 g/mol. The highest BCUT2D eigenvalue weighted by Gasteiger charge is 2.35. The second kappa shape index (κ2) is 7.42. The number of carbonyl (C=O) groups excluding carboxylic acids is 1. The number of piperidine rings is 1. The molecule has 2 fully saturated rings. The molecule has 5 heteroatoms. The number of amides is 1. The van der Waals surface area contributed by atoms with Gasteiger partial charge in [-0.25, -0.2) is 4.39 Å². The fourth-order valence-electron chi connectivity index (χ4n) is 3.68. The third kappa shape index (κ3) is 3.61. The molecule has 122 valence electrons. The van der Waals surface area contributed by atoms with Crippen LogP contribution in [0.5, 0.6) is 0 Å². The first kappa shape index (κ1) is 17.2. The molecule has 0 spiro atoms. The maximum atomic E-state index is 13.4. The van der Waals surface area contributed by atoms with Crippen molar-refractivity contribution in [1.82, 2.24) is 10.2 Å². The first-order valence-electron chi connectivity index (χ1n) is 7.94. The topological polar surface area (TPSA) is 32.3 Å². The third-order valence-corrected chi connectivity index (χ3v) is 4.74. The second-order valence-corrected chi connectivity index (χ2v) is 6.32. The Labute approximate surface area is 137 Å². The van der Waals surface area contributed by atoms with Crippen molar-refractivity contribution in [1.29, 1.82) is 0 Å². The normalized spacial score (nSPS) is 28.3. The molecule has 2 aliphatic rings. The fraction of sp³-hybridized carbons (Fsp3) is 0.588. The van der Waals surface area contributed by atoms with Crippen LogP contribution in [-0.4, -0.2) is 29.9 Å². The molecule has 1 aromatic rings. The Morgan fingerprint density at radius 1 is 1.36 bits per heavy atom. The summed E-state index contributed by atoms with van der Waals surface area (Å²) in [4.78, 5) is 14.8. The first-order chi connectivity index (χ1) is 10.1. The minimum Gasteiger partial charge on any atom is -0.335 e. The van der Waals surface area contributed by atoms with Crippen LogP contribution in [0.15, 0.2) is 24.3 Å². The van der Waals surface area contributed by atoms with E-state index in [2.05, 4.69) is 12.2 Å². The minimum atomic E-state index is -0.220. The summed E-state index contributed by atoms with van der Waals surface area (Å²) in [6.07, 6.45) is 3.77. The predicted octanol–water partition coefficient (Wildman–Crippen LogP) is 3.30. The predicted molar refractivity (Wildman–Crippen MR) is 87.5 cm³/mol. The van der Waals surface area contributed by atoms with Gasteiger partial charge in [-0.1, -0.05) is 12.1 Å². The van der Waals surface area contributed by atoms with Crippen molar-refractivity contribution in [3.8, 4) is 0 Å². The Balaban J connectivity index is 0.00000176. The number of hydrogen-bond acceptors (Lipinski definition) is 2. The van der Waals surface area contributed by atoms with Crippen molar-refractivity contribution >= 4 is 18.3 Å². The molecule has 0 saturated carbocycles. The number of carbonyl (C=O) groups is 1. The van der Waals surface area contributed by atoms with Crippen LogP contribution in [0.4, 0.5) is 4.39 Å². The summed E-state index contributed by atoms with van der Waals surface area (Å²) in [6, 6.07) is 7.16. The maximum Gasteiger partial charge on any atom is 0.226 e. The van der Waals surface area contributed by atoms with E-state index in [0.717, 1.165) is 44.3 Å². The van der Waals surface area contributed by atoms with E-state index in [9.17, 15) is 9.18 Å². The van der Waals surface area contributed by atoms with Gasteiger partial charge < -0.3 is 10.2 Å². The molecule has 3 rings (SSSR count). The zero-order chi connectivity index (χ0) is 14.8. The Hall–Kier alpha value is -1.13. The van der Waals surface area contributed by atoms with Gasteiger partial charge in [0, 0.05) is 18.5 Å². The Kier molecular flexibility index (Phi) is 5.81. The zero-order valence-electron chi connectivity index (χ0n) is 12.9. The summed E-state index contributed by atoms with van der Waals surface area (Å²) in [6.45, 7) is 3.85. The number of likely N-dealkylation sites (tertiary alicyclic amines) is 1. The van der Waals surface area contributed by atoms with Gasteiger partial charge in [0.25, 0.3) is 0 Å². The summed E-state index contributed by atoms with van der Waals surface area (Å²) in [5.41, 5.74) is 0.933. The lowest BCUT2D eigenvalue weighted by molar-refractivity contribution is -0.137. The highest BCUT2D eigenvalue weighted by molar-refractivity contribution is 5.85.